The van der Waals surface area contributed by atoms with Crippen molar-refractivity contribution in [2.75, 3.05) is 17.2 Å². The van der Waals surface area contributed by atoms with E-state index in [4.69, 9.17) is 9.84 Å². The van der Waals surface area contributed by atoms with E-state index in [9.17, 15) is 19.2 Å². The molecule has 0 unspecified atom stereocenters. The fourth-order valence-electron chi connectivity index (χ4n) is 2.59. The van der Waals surface area contributed by atoms with E-state index in [1.165, 1.54) is 28.4 Å². The Morgan fingerprint density at radius 3 is 2.35 bits per heavy atom. The molecule has 2 aromatic rings. The van der Waals surface area contributed by atoms with E-state index in [0.29, 0.717) is 5.69 Å². The summed E-state index contributed by atoms with van der Waals surface area (Å²) in [4.78, 5) is 51.0. The Bertz CT molecular complexity index is 1000. The number of carbonyl (C=O) groups is 4. The zero-order valence-corrected chi connectivity index (χ0v) is 18.0. The maximum atomic E-state index is 12.4. The predicted molar refractivity (Wildman–Crippen MR) is 111 cm³/mol. The van der Waals surface area contributed by atoms with E-state index >= 15 is 0 Å². The number of aryl methyl sites for hydroxylation is 2. The first-order valence-corrected chi connectivity index (χ1v) is 9.37. The van der Waals surface area contributed by atoms with E-state index in [0.717, 1.165) is 0 Å². The number of imidazole rings is 1. The van der Waals surface area contributed by atoms with Crippen LogP contribution in [-0.2, 0) is 23.6 Å². The van der Waals surface area contributed by atoms with Crippen LogP contribution in [0.4, 0.5) is 16.3 Å². The third-order valence-electron chi connectivity index (χ3n) is 3.86. The van der Waals surface area contributed by atoms with Crippen LogP contribution in [0.3, 0.4) is 0 Å². The van der Waals surface area contributed by atoms with Gasteiger partial charge in [0.1, 0.15) is 11.3 Å². The molecule has 31 heavy (non-hydrogen) atoms. The van der Waals surface area contributed by atoms with Gasteiger partial charge in [0, 0.05) is 39.5 Å². The molecular weight excluding hydrogens is 408 g/mol. The normalized spacial score (nSPS) is 11.0. The smallest absolute Gasteiger partial charge is 0.412 e. The Labute approximate surface area is 178 Å². The lowest BCUT2D eigenvalue weighted by atomic mass is 10.2. The molecular formula is C19H26N6O6. The molecule has 0 saturated carbocycles. The van der Waals surface area contributed by atoms with Gasteiger partial charge in [0.15, 0.2) is 5.82 Å². The van der Waals surface area contributed by atoms with Crippen LogP contribution in [0.5, 0.6) is 0 Å². The van der Waals surface area contributed by atoms with Crippen molar-refractivity contribution in [2.45, 2.75) is 32.8 Å². The fraction of sp³-hybridized carbons (Fsp3) is 0.421. The van der Waals surface area contributed by atoms with Crippen molar-refractivity contribution in [2.24, 2.45) is 14.1 Å². The number of aromatic carboxylic acids is 1. The van der Waals surface area contributed by atoms with E-state index < -0.39 is 29.5 Å². The summed E-state index contributed by atoms with van der Waals surface area (Å²) in [5.41, 5.74) is 0.0238. The summed E-state index contributed by atoms with van der Waals surface area (Å²) in [6.45, 7) is 5.27. The molecule has 12 heteroatoms. The van der Waals surface area contributed by atoms with Crippen LogP contribution in [0.15, 0.2) is 18.5 Å². The van der Waals surface area contributed by atoms with Gasteiger partial charge in [0.25, 0.3) is 5.91 Å². The molecule has 0 aliphatic carbocycles. The van der Waals surface area contributed by atoms with Crippen LogP contribution in [0.1, 0.15) is 48.3 Å². The molecule has 0 aliphatic rings. The van der Waals surface area contributed by atoms with Gasteiger partial charge in [-0.1, -0.05) is 0 Å². The van der Waals surface area contributed by atoms with E-state index in [1.54, 1.807) is 34.0 Å². The molecule has 2 aromatic heterocycles. The lowest BCUT2D eigenvalue weighted by molar-refractivity contribution is -0.116. The van der Waals surface area contributed by atoms with Crippen molar-refractivity contribution in [1.82, 2.24) is 19.4 Å². The second kappa shape index (κ2) is 9.32. The van der Waals surface area contributed by atoms with Gasteiger partial charge < -0.3 is 29.6 Å². The fourth-order valence-corrected chi connectivity index (χ4v) is 2.59. The molecule has 0 radical (unpaired) electrons. The molecule has 2 heterocycles. The van der Waals surface area contributed by atoms with Crippen molar-refractivity contribution in [3.8, 4) is 0 Å². The minimum atomic E-state index is -1.21. The predicted octanol–water partition coefficient (Wildman–Crippen LogP) is 1.56. The van der Waals surface area contributed by atoms with Gasteiger partial charge in [-0.05, 0) is 26.8 Å². The summed E-state index contributed by atoms with van der Waals surface area (Å²) in [5, 5.41) is 16.6. The van der Waals surface area contributed by atoms with E-state index in [-0.39, 0.29) is 30.3 Å². The lowest BCUT2D eigenvalue weighted by Crippen LogP contribution is -2.29. The number of carboxylic acids is 1. The maximum absolute atomic E-state index is 12.4. The van der Waals surface area contributed by atoms with Crippen LogP contribution < -0.4 is 16.0 Å². The number of hydrogen-bond acceptors (Lipinski definition) is 6. The highest BCUT2D eigenvalue weighted by Gasteiger charge is 2.19. The number of hydrogen-bond donors (Lipinski definition) is 4. The minimum Gasteiger partial charge on any atom is -0.475 e. The van der Waals surface area contributed by atoms with Crippen molar-refractivity contribution < 1.29 is 29.0 Å². The molecule has 12 nitrogen and oxygen atoms in total. The summed E-state index contributed by atoms with van der Waals surface area (Å²) < 4.78 is 7.98. The second-order valence-corrected chi connectivity index (χ2v) is 7.77. The number of carbonyl (C=O) groups excluding carboxylic acids is 3. The molecule has 0 aromatic carbocycles. The average molecular weight is 434 g/mol. The van der Waals surface area contributed by atoms with Crippen molar-refractivity contribution >= 4 is 35.4 Å². The SMILES string of the molecule is Cn1cc(NC(=O)OC(C)(C)C)cc1C(=O)NCCC(=O)Nc1cn(C)c(C(=O)O)n1. The van der Waals surface area contributed by atoms with Crippen LogP contribution >= 0.6 is 0 Å². The number of ether oxygens (including phenoxy) is 1. The molecule has 0 fully saturated rings. The van der Waals surface area contributed by atoms with Gasteiger partial charge in [-0.3, -0.25) is 14.9 Å². The zero-order valence-electron chi connectivity index (χ0n) is 18.0. The number of aromatic nitrogens is 3. The van der Waals surface area contributed by atoms with Crippen LogP contribution in [0.25, 0.3) is 0 Å². The highest BCUT2D eigenvalue weighted by Crippen LogP contribution is 2.15. The molecule has 0 bridgehead atoms. The maximum Gasteiger partial charge on any atom is 0.412 e. The third-order valence-corrected chi connectivity index (χ3v) is 3.86. The second-order valence-electron chi connectivity index (χ2n) is 7.77. The van der Waals surface area contributed by atoms with Gasteiger partial charge in [-0.15, -0.1) is 0 Å². The Morgan fingerprint density at radius 1 is 1.10 bits per heavy atom. The summed E-state index contributed by atoms with van der Waals surface area (Å²) in [6.07, 6.45) is 2.26. The first-order chi connectivity index (χ1) is 14.4. The number of nitrogens with zero attached hydrogens (tertiary/aromatic N) is 3. The Kier molecular flexibility index (Phi) is 7.05. The molecule has 168 valence electrons. The molecule has 4 N–H and O–H groups in total. The average Bonchev–Trinajstić information content (AvgIpc) is 3.15. The van der Waals surface area contributed by atoms with E-state index in [1.807, 2.05) is 0 Å². The highest BCUT2D eigenvalue weighted by molar-refractivity contribution is 5.96. The molecule has 0 atom stereocenters. The number of amides is 3. The van der Waals surface area contributed by atoms with Crippen molar-refractivity contribution in [1.29, 1.82) is 0 Å². The molecule has 0 aliphatic heterocycles. The number of anilines is 2. The summed E-state index contributed by atoms with van der Waals surface area (Å²) in [5.74, 6) is -2.17. The molecule has 2 rings (SSSR count). The topological polar surface area (TPSA) is 157 Å². The zero-order chi connectivity index (χ0) is 23.3. The van der Waals surface area contributed by atoms with Crippen molar-refractivity contribution in [3.05, 3.63) is 30.0 Å². The quantitative estimate of drug-likeness (QED) is 0.515. The van der Waals surface area contributed by atoms with Gasteiger partial charge in [0.2, 0.25) is 11.7 Å². The Morgan fingerprint density at radius 2 is 1.77 bits per heavy atom. The number of nitrogens with one attached hydrogen (secondary N) is 3. The van der Waals surface area contributed by atoms with Gasteiger partial charge in [-0.25, -0.2) is 14.6 Å². The van der Waals surface area contributed by atoms with Crippen LogP contribution in [-0.4, -0.2) is 55.2 Å². The van der Waals surface area contributed by atoms with Crippen LogP contribution in [0.2, 0.25) is 0 Å². The highest BCUT2D eigenvalue weighted by atomic mass is 16.6. The number of carboxylic acid groups (broad SMARTS) is 1. The summed E-state index contributed by atoms with van der Waals surface area (Å²) >= 11 is 0. The number of rotatable bonds is 7. The van der Waals surface area contributed by atoms with E-state index in [2.05, 4.69) is 20.9 Å². The Balaban J connectivity index is 1.85. The molecule has 0 spiro atoms. The van der Waals surface area contributed by atoms with Crippen molar-refractivity contribution in [3.63, 3.8) is 0 Å². The minimum absolute atomic E-state index is 0.0435. The van der Waals surface area contributed by atoms with Gasteiger partial charge >= 0.3 is 12.1 Å². The van der Waals surface area contributed by atoms with Gasteiger partial charge in [-0.2, -0.15) is 0 Å². The third kappa shape index (κ3) is 6.87. The first kappa shape index (κ1) is 23.4. The van der Waals surface area contributed by atoms with Crippen LogP contribution in [0, 0.1) is 0 Å². The van der Waals surface area contributed by atoms with Gasteiger partial charge in [0.05, 0.1) is 5.69 Å². The lowest BCUT2D eigenvalue weighted by Gasteiger charge is -2.19. The summed E-state index contributed by atoms with van der Waals surface area (Å²) in [7, 11) is 3.14. The summed E-state index contributed by atoms with van der Waals surface area (Å²) in [6, 6.07) is 1.49. The largest absolute Gasteiger partial charge is 0.475 e. The standard InChI is InChI=1S/C19H26N6O6/c1-19(2,3)31-18(30)21-11-8-12(24(4)9-11)16(27)20-7-6-14(26)22-13-10-25(5)15(23-13)17(28)29/h8-10H,6-7H2,1-5H3,(H,20,27)(H,21,30)(H,22,26)(H,28,29). The molecule has 3 amide bonds. The molecule has 0 saturated heterocycles. The monoisotopic (exact) mass is 434 g/mol. The first-order valence-electron chi connectivity index (χ1n) is 9.37. The Hall–Kier alpha value is -3.83.